The maximum atomic E-state index is 12.2. The van der Waals surface area contributed by atoms with E-state index in [1.54, 1.807) is 19.7 Å². The summed E-state index contributed by atoms with van der Waals surface area (Å²) in [7, 11) is -2.30. The van der Waals surface area contributed by atoms with Gasteiger partial charge in [-0.2, -0.15) is 0 Å². The molecule has 0 radical (unpaired) electrons. The summed E-state index contributed by atoms with van der Waals surface area (Å²) >= 11 is 0. The van der Waals surface area contributed by atoms with Gasteiger partial charge < -0.3 is 15.2 Å². The molecule has 1 aliphatic rings. The average Bonchev–Trinajstić information content (AvgIpc) is 3.35. The molecule has 9 heteroatoms. The lowest BCUT2D eigenvalue weighted by Crippen LogP contribution is -2.03. The SMILES string of the molecule is CP(C)(=O)c1ccc(Nc2ncnc3c2ncn3C=Cc2cccc3c2CC(=O)N3)cc1. The van der Waals surface area contributed by atoms with Crippen LogP contribution in [0.3, 0.4) is 0 Å². The molecule has 0 saturated carbocycles. The van der Waals surface area contributed by atoms with Crippen LogP contribution in [0, 0.1) is 0 Å². The molecule has 5 rings (SSSR count). The van der Waals surface area contributed by atoms with Gasteiger partial charge in [-0.1, -0.05) is 12.1 Å². The highest BCUT2D eigenvalue weighted by Gasteiger charge is 2.19. The molecule has 1 amide bonds. The first-order chi connectivity index (χ1) is 15.4. The summed E-state index contributed by atoms with van der Waals surface area (Å²) in [6.07, 6.45) is 7.36. The van der Waals surface area contributed by atoms with Crippen LogP contribution in [-0.2, 0) is 15.8 Å². The number of carbonyl (C=O) groups is 1. The standard InChI is InChI=1S/C23H21N6O2P/c1-32(2,31)17-8-6-16(7-9-17)27-22-21-23(25-13-24-22)29(14-26-21)11-10-15-4-3-5-19-18(15)12-20(30)28-19/h3-11,13-14H,12H2,1-2H3,(H,28,30)(H,24,25,27). The van der Waals surface area contributed by atoms with Crippen molar-refractivity contribution in [3.63, 3.8) is 0 Å². The highest BCUT2D eigenvalue weighted by Crippen LogP contribution is 2.35. The molecule has 3 heterocycles. The van der Waals surface area contributed by atoms with E-state index in [0.717, 1.165) is 27.8 Å². The summed E-state index contributed by atoms with van der Waals surface area (Å²) < 4.78 is 14.0. The molecule has 0 saturated heterocycles. The zero-order chi connectivity index (χ0) is 22.3. The predicted octanol–water partition coefficient (Wildman–Crippen LogP) is 3.94. The van der Waals surface area contributed by atoms with Crippen LogP contribution in [0.15, 0.2) is 55.1 Å². The van der Waals surface area contributed by atoms with Gasteiger partial charge in [-0.15, -0.1) is 0 Å². The first kappa shape index (κ1) is 20.2. The molecule has 4 aromatic rings. The molecule has 32 heavy (non-hydrogen) atoms. The van der Waals surface area contributed by atoms with E-state index in [1.165, 1.54) is 6.33 Å². The first-order valence-corrected chi connectivity index (χ1v) is 12.7. The van der Waals surface area contributed by atoms with Crippen molar-refractivity contribution in [2.24, 2.45) is 0 Å². The van der Waals surface area contributed by atoms with Gasteiger partial charge in [0.1, 0.15) is 19.8 Å². The number of nitrogens with one attached hydrogen (secondary N) is 2. The third-order valence-corrected chi connectivity index (χ3v) is 6.89. The van der Waals surface area contributed by atoms with Gasteiger partial charge in [0.25, 0.3) is 0 Å². The van der Waals surface area contributed by atoms with Gasteiger partial charge in [0.05, 0.1) is 6.42 Å². The van der Waals surface area contributed by atoms with E-state index in [0.29, 0.717) is 23.4 Å². The summed E-state index contributed by atoms with van der Waals surface area (Å²) in [5, 5.41) is 6.96. The molecule has 0 fully saturated rings. The fraction of sp³-hybridized carbons (Fsp3) is 0.130. The molecule has 8 nitrogen and oxygen atoms in total. The van der Waals surface area contributed by atoms with E-state index in [-0.39, 0.29) is 5.91 Å². The second kappa shape index (κ2) is 7.73. The molecule has 0 spiro atoms. The molecular weight excluding hydrogens is 423 g/mol. The van der Waals surface area contributed by atoms with Crippen LogP contribution in [0.1, 0.15) is 11.1 Å². The second-order valence-corrected chi connectivity index (χ2v) is 11.2. The van der Waals surface area contributed by atoms with Crippen molar-refractivity contribution in [1.29, 1.82) is 0 Å². The van der Waals surface area contributed by atoms with E-state index in [9.17, 15) is 9.36 Å². The van der Waals surface area contributed by atoms with Gasteiger partial charge in [-0.3, -0.25) is 9.36 Å². The van der Waals surface area contributed by atoms with Crippen molar-refractivity contribution in [3.8, 4) is 0 Å². The molecule has 0 bridgehead atoms. The molecule has 2 aromatic heterocycles. The number of imidazole rings is 1. The van der Waals surface area contributed by atoms with Gasteiger partial charge >= 0.3 is 0 Å². The van der Waals surface area contributed by atoms with Gasteiger partial charge in [0, 0.05) is 22.9 Å². The Balaban J connectivity index is 1.43. The molecule has 160 valence electrons. The van der Waals surface area contributed by atoms with Crippen LogP contribution in [-0.4, -0.2) is 38.8 Å². The summed E-state index contributed by atoms with van der Waals surface area (Å²) in [6.45, 7) is 3.50. The molecule has 2 N–H and O–H groups in total. The molecule has 1 aliphatic heterocycles. The minimum absolute atomic E-state index is 0.00566. The topological polar surface area (TPSA) is 102 Å². The molecule has 2 aromatic carbocycles. The number of fused-ring (bicyclic) bond motifs is 2. The number of amides is 1. The summed E-state index contributed by atoms with van der Waals surface area (Å²) in [5.41, 5.74) is 4.93. The monoisotopic (exact) mass is 444 g/mol. The number of hydrogen-bond donors (Lipinski definition) is 2. The number of aromatic nitrogens is 4. The van der Waals surface area contributed by atoms with Crippen molar-refractivity contribution in [2.75, 3.05) is 24.0 Å². The lowest BCUT2D eigenvalue weighted by atomic mass is 10.1. The van der Waals surface area contributed by atoms with Crippen LogP contribution >= 0.6 is 7.14 Å². The summed E-state index contributed by atoms with van der Waals surface area (Å²) in [6, 6.07) is 13.3. The highest BCUT2D eigenvalue weighted by atomic mass is 31.2. The van der Waals surface area contributed by atoms with Gasteiger partial charge in [-0.05, 0) is 60.9 Å². The lowest BCUT2D eigenvalue weighted by Gasteiger charge is -2.09. The van der Waals surface area contributed by atoms with Crippen LogP contribution in [0.5, 0.6) is 0 Å². The maximum Gasteiger partial charge on any atom is 0.228 e. The van der Waals surface area contributed by atoms with E-state index < -0.39 is 7.14 Å². The van der Waals surface area contributed by atoms with Crippen molar-refractivity contribution >= 4 is 59.0 Å². The van der Waals surface area contributed by atoms with E-state index >= 15 is 0 Å². The fourth-order valence-electron chi connectivity index (χ4n) is 3.68. The Labute approximate surface area is 184 Å². The Kier molecular flexibility index (Phi) is 4.87. The van der Waals surface area contributed by atoms with Gasteiger partial charge in [0.15, 0.2) is 17.0 Å². The number of hydrogen-bond acceptors (Lipinski definition) is 6. The minimum Gasteiger partial charge on any atom is -0.338 e. The van der Waals surface area contributed by atoms with Crippen LogP contribution in [0.4, 0.5) is 17.2 Å². The average molecular weight is 444 g/mol. The van der Waals surface area contributed by atoms with Crippen LogP contribution in [0.2, 0.25) is 0 Å². The molecule has 0 aliphatic carbocycles. The third-order valence-electron chi connectivity index (χ3n) is 5.35. The largest absolute Gasteiger partial charge is 0.338 e. The highest BCUT2D eigenvalue weighted by molar-refractivity contribution is 7.70. The third kappa shape index (κ3) is 3.81. The van der Waals surface area contributed by atoms with Crippen LogP contribution < -0.4 is 15.9 Å². The fourth-order valence-corrected chi connectivity index (χ4v) is 4.55. The number of benzene rings is 2. The Bertz CT molecular complexity index is 1420. The van der Waals surface area contributed by atoms with Crippen molar-refractivity contribution < 1.29 is 9.36 Å². The predicted molar refractivity (Wildman–Crippen MR) is 128 cm³/mol. The molecule has 0 unspecified atom stereocenters. The van der Waals surface area contributed by atoms with Crippen molar-refractivity contribution in [3.05, 3.63) is 66.2 Å². The Morgan fingerprint density at radius 3 is 2.69 bits per heavy atom. The number of carbonyl (C=O) groups excluding carboxylic acids is 1. The smallest absolute Gasteiger partial charge is 0.228 e. The number of rotatable bonds is 5. The summed E-state index contributed by atoms with van der Waals surface area (Å²) in [5.74, 6) is 0.590. The van der Waals surface area contributed by atoms with E-state index in [2.05, 4.69) is 25.6 Å². The van der Waals surface area contributed by atoms with Gasteiger partial charge in [-0.25, -0.2) is 15.0 Å². The number of nitrogens with zero attached hydrogens (tertiary/aromatic N) is 4. The summed E-state index contributed by atoms with van der Waals surface area (Å²) in [4.78, 5) is 24.9. The Hall–Kier alpha value is -3.77. The lowest BCUT2D eigenvalue weighted by molar-refractivity contribution is -0.115. The normalized spacial score (nSPS) is 13.5. The van der Waals surface area contributed by atoms with Crippen molar-refractivity contribution in [1.82, 2.24) is 19.5 Å². The number of anilines is 3. The molecular formula is C23H21N6O2P. The van der Waals surface area contributed by atoms with Crippen LogP contribution in [0.25, 0.3) is 23.4 Å². The van der Waals surface area contributed by atoms with Crippen molar-refractivity contribution in [2.45, 2.75) is 6.42 Å². The molecule has 0 atom stereocenters. The first-order valence-electron chi connectivity index (χ1n) is 10.1. The van der Waals surface area contributed by atoms with E-state index in [1.807, 2.05) is 59.3 Å². The van der Waals surface area contributed by atoms with E-state index in [4.69, 9.17) is 0 Å². The Morgan fingerprint density at radius 1 is 1.09 bits per heavy atom. The second-order valence-electron chi connectivity index (χ2n) is 7.98. The minimum atomic E-state index is -2.30. The zero-order valence-corrected chi connectivity index (χ0v) is 18.5. The zero-order valence-electron chi connectivity index (χ0n) is 17.6. The van der Waals surface area contributed by atoms with Gasteiger partial charge in [0.2, 0.25) is 5.91 Å². The Morgan fingerprint density at radius 2 is 1.91 bits per heavy atom. The maximum absolute atomic E-state index is 12.2. The quantitative estimate of drug-likeness (QED) is 0.452.